The highest BCUT2D eigenvalue weighted by atomic mass is 35.5. The van der Waals surface area contributed by atoms with E-state index in [1.165, 1.54) is 29.5 Å². The largest absolute Gasteiger partial charge is 0.368 e. The maximum atomic E-state index is 13.8. The lowest BCUT2D eigenvalue weighted by Crippen LogP contribution is -2.10. The third-order valence-corrected chi connectivity index (χ3v) is 2.75. The van der Waals surface area contributed by atoms with Crippen LogP contribution in [0.4, 0.5) is 22.0 Å². The molecule has 0 aliphatic carbocycles. The lowest BCUT2D eigenvalue weighted by Gasteiger charge is -2.08. The molecule has 0 aliphatic rings. The van der Waals surface area contributed by atoms with E-state index in [4.69, 9.17) is 17.3 Å². The average molecular weight is 307 g/mol. The van der Waals surface area contributed by atoms with Gasteiger partial charge in [-0.25, -0.2) is 9.37 Å². The molecule has 0 atom stereocenters. The maximum absolute atomic E-state index is 13.8. The quantitative estimate of drug-likeness (QED) is 0.756. The van der Waals surface area contributed by atoms with Crippen LogP contribution < -0.4 is 11.1 Å². The normalized spacial score (nSPS) is 10.6. The first-order valence-corrected chi connectivity index (χ1v) is 6.09. The minimum Gasteiger partial charge on any atom is -0.368 e. The van der Waals surface area contributed by atoms with Crippen molar-refractivity contribution in [1.82, 2.24) is 29.7 Å². The summed E-state index contributed by atoms with van der Waals surface area (Å²) in [5.74, 6) is -0.431. The summed E-state index contributed by atoms with van der Waals surface area (Å²) >= 11 is 5.71. The number of aromatic nitrogens is 6. The zero-order valence-electron chi connectivity index (χ0n) is 10.4. The number of nitrogens with one attached hydrogen (secondary N) is 1. The average Bonchev–Trinajstić information content (AvgIpc) is 2.97. The molecule has 21 heavy (non-hydrogen) atoms. The summed E-state index contributed by atoms with van der Waals surface area (Å²) in [7, 11) is 0. The highest BCUT2D eigenvalue weighted by Gasteiger charge is 2.11. The van der Waals surface area contributed by atoms with Crippen molar-refractivity contribution in [2.75, 3.05) is 11.1 Å². The minimum atomic E-state index is -0.611. The van der Waals surface area contributed by atoms with Gasteiger partial charge in [0.05, 0.1) is 10.7 Å². The Bertz CT molecular complexity index is 776. The van der Waals surface area contributed by atoms with Crippen molar-refractivity contribution in [3.05, 3.63) is 41.7 Å². The van der Waals surface area contributed by atoms with Crippen LogP contribution in [-0.4, -0.2) is 29.7 Å². The van der Waals surface area contributed by atoms with Gasteiger partial charge in [-0.2, -0.15) is 24.7 Å². The van der Waals surface area contributed by atoms with E-state index in [0.717, 1.165) is 0 Å². The standard InChI is InChI=1S/C11H8ClFN8/c12-6-2-1-3-7(8(6)13)17-10-18-9(14)19-11(20-10)21-5-15-4-16-21/h1-5H,(H3,14,17,18,19,20). The predicted molar refractivity (Wildman–Crippen MR) is 73.8 cm³/mol. The van der Waals surface area contributed by atoms with Crippen molar-refractivity contribution in [1.29, 1.82) is 0 Å². The molecule has 2 heterocycles. The van der Waals surface area contributed by atoms with Gasteiger partial charge in [0, 0.05) is 0 Å². The van der Waals surface area contributed by atoms with E-state index in [2.05, 4.69) is 30.4 Å². The topological polar surface area (TPSA) is 107 Å². The van der Waals surface area contributed by atoms with Gasteiger partial charge in [-0.15, -0.1) is 0 Å². The summed E-state index contributed by atoms with van der Waals surface area (Å²) in [6, 6.07) is 4.53. The predicted octanol–water partition coefficient (Wildman–Crippen LogP) is 1.57. The highest BCUT2D eigenvalue weighted by Crippen LogP contribution is 2.24. The molecule has 0 bridgehead atoms. The van der Waals surface area contributed by atoms with E-state index in [0.29, 0.717) is 0 Å². The molecular weight excluding hydrogens is 299 g/mol. The number of hydrogen-bond acceptors (Lipinski definition) is 7. The number of anilines is 3. The highest BCUT2D eigenvalue weighted by molar-refractivity contribution is 6.31. The Labute approximate surface area is 122 Å². The summed E-state index contributed by atoms with van der Waals surface area (Å²) < 4.78 is 15.1. The number of nitrogens with zero attached hydrogens (tertiary/aromatic N) is 6. The molecule has 0 aliphatic heterocycles. The van der Waals surface area contributed by atoms with Gasteiger partial charge in [0.25, 0.3) is 5.95 Å². The lowest BCUT2D eigenvalue weighted by atomic mass is 10.3. The van der Waals surface area contributed by atoms with Crippen molar-refractivity contribution in [2.45, 2.75) is 0 Å². The van der Waals surface area contributed by atoms with E-state index in [-0.39, 0.29) is 28.6 Å². The number of nitrogen functional groups attached to an aromatic ring is 1. The van der Waals surface area contributed by atoms with Crippen molar-refractivity contribution in [2.24, 2.45) is 0 Å². The molecule has 0 radical (unpaired) electrons. The maximum Gasteiger partial charge on any atom is 0.258 e. The lowest BCUT2D eigenvalue weighted by molar-refractivity contribution is 0.632. The van der Waals surface area contributed by atoms with Crippen molar-refractivity contribution >= 4 is 29.2 Å². The molecular formula is C11H8ClFN8. The smallest absolute Gasteiger partial charge is 0.258 e. The number of benzene rings is 1. The molecule has 2 aromatic heterocycles. The van der Waals surface area contributed by atoms with Crippen LogP contribution in [0, 0.1) is 5.82 Å². The van der Waals surface area contributed by atoms with Crippen LogP contribution in [0.3, 0.4) is 0 Å². The van der Waals surface area contributed by atoms with E-state index in [1.54, 1.807) is 6.07 Å². The first kappa shape index (κ1) is 13.2. The molecule has 0 saturated carbocycles. The Morgan fingerprint density at radius 3 is 2.86 bits per heavy atom. The van der Waals surface area contributed by atoms with Crippen LogP contribution in [0.15, 0.2) is 30.9 Å². The third kappa shape index (κ3) is 2.72. The fourth-order valence-electron chi connectivity index (χ4n) is 1.57. The Balaban J connectivity index is 1.98. The van der Waals surface area contributed by atoms with E-state index >= 15 is 0 Å². The zero-order chi connectivity index (χ0) is 14.8. The van der Waals surface area contributed by atoms with Crippen molar-refractivity contribution in [3.8, 4) is 5.95 Å². The fraction of sp³-hybridized carbons (Fsp3) is 0. The molecule has 0 saturated heterocycles. The molecule has 0 amide bonds. The third-order valence-electron chi connectivity index (χ3n) is 2.46. The summed E-state index contributed by atoms with van der Waals surface area (Å²) in [5, 5.41) is 6.56. The number of hydrogen-bond donors (Lipinski definition) is 2. The van der Waals surface area contributed by atoms with Gasteiger partial charge in [-0.1, -0.05) is 17.7 Å². The Kier molecular flexibility index (Phi) is 3.32. The SMILES string of the molecule is Nc1nc(Nc2cccc(Cl)c2F)nc(-n2cncn2)n1. The number of rotatable bonds is 3. The fourth-order valence-corrected chi connectivity index (χ4v) is 1.75. The molecule has 106 valence electrons. The van der Waals surface area contributed by atoms with Crippen molar-refractivity contribution in [3.63, 3.8) is 0 Å². The van der Waals surface area contributed by atoms with Crippen LogP contribution in [0.2, 0.25) is 5.02 Å². The van der Waals surface area contributed by atoms with Crippen LogP contribution in [0.25, 0.3) is 5.95 Å². The molecule has 8 nitrogen and oxygen atoms in total. The van der Waals surface area contributed by atoms with Gasteiger partial charge in [0.2, 0.25) is 11.9 Å². The molecule has 3 rings (SSSR count). The summed E-state index contributed by atoms with van der Waals surface area (Å²) in [5.41, 5.74) is 5.73. The number of nitrogens with two attached hydrogens (primary N) is 1. The molecule has 3 aromatic rings. The number of halogens is 2. The van der Waals surface area contributed by atoms with Gasteiger partial charge in [-0.3, -0.25) is 0 Å². The van der Waals surface area contributed by atoms with Crippen LogP contribution in [-0.2, 0) is 0 Å². The van der Waals surface area contributed by atoms with Gasteiger partial charge >= 0.3 is 0 Å². The monoisotopic (exact) mass is 306 g/mol. The Hall–Kier alpha value is -2.81. The van der Waals surface area contributed by atoms with E-state index in [1.807, 2.05) is 0 Å². The van der Waals surface area contributed by atoms with Gasteiger partial charge < -0.3 is 11.1 Å². The van der Waals surface area contributed by atoms with Gasteiger partial charge in [0.1, 0.15) is 12.7 Å². The first-order chi connectivity index (χ1) is 10.1. The molecule has 10 heteroatoms. The zero-order valence-corrected chi connectivity index (χ0v) is 11.2. The molecule has 0 fully saturated rings. The minimum absolute atomic E-state index is 0.0153. The molecule has 0 spiro atoms. The van der Waals surface area contributed by atoms with Crippen LogP contribution >= 0.6 is 11.6 Å². The second kappa shape index (κ2) is 5.29. The van der Waals surface area contributed by atoms with Gasteiger partial charge in [-0.05, 0) is 12.1 Å². The molecule has 0 unspecified atom stereocenters. The van der Waals surface area contributed by atoms with Crippen LogP contribution in [0.1, 0.15) is 0 Å². The van der Waals surface area contributed by atoms with Crippen LogP contribution in [0.5, 0.6) is 0 Å². The van der Waals surface area contributed by atoms with E-state index < -0.39 is 5.82 Å². The molecule has 1 aromatic carbocycles. The summed E-state index contributed by atoms with van der Waals surface area (Å²) in [6.07, 6.45) is 2.72. The summed E-state index contributed by atoms with van der Waals surface area (Å²) in [4.78, 5) is 15.7. The molecule has 3 N–H and O–H groups in total. The Morgan fingerprint density at radius 2 is 2.10 bits per heavy atom. The van der Waals surface area contributed by atoms with E-state index in [9.17, 15) is 4.39 Å². The second-order valence-electron chi connectivity index (χ2n) is 3.88. The Morgan fingerprint density at radius 1 is 1.24 bits per heavy atom. The van der Waals surface area contributed by atoms with Crippen molar-refractivity contribution < 1.29 is 4.39 Å². The summed E-state index contributed by atoms with van der Waals surface area (Å²) in [6.45, 7) is 0. The first-order valence-electron chi connectivity index (χ1n) is 5.71. The van der Waals surface area contributed by atoms with Gasteiger partial charge in [0.15, 0.2) is 5.82 Å². The second-order valence-corrected chi connectivity index (χ2v) is 4.29.